The first-order chi connectivity index (χ1) is 8.38. The van der Waals surface area contributed by atoms with Crippen molar-refractivity contribution in [2.24, 2.45) is 11.1 Å². The first-order valence-electron chi connectivity index (χ1n) is 5.65. The molecule has 0 aliphatic heterocycles. The molecule has 0 aliphatic rings. The number of aliphatic hydroxyl groups is 1. The van der Waals surface area contributed by atoms with Gasteiger partial charge < -0.3 is 20.3 Å². The van der Waals surface area contributed by atoms with Crippen LogP contribution in [0, 0.1) is 5.41 Å². The molecular weight excluding hydrogens is 289 g/mol. The quantitative estimate of drug-likeness (QED) is 0.878. The average Bonchev–Trinajstić information content (AvgIpc) is 2.37. The lowest BCUT2D eigenvalue weighted by Crippen LogP contribution is -2.32. The Hall–Kier alpha value is -0.680. The van der Waals surface area contributed by atoms with Gasteiger partial charge in [-0.25, -0.2) is 0 Å². The number of benzene rings is 1. The van der Waals surface area contributed by atoms with E-state index in [0.29, 0.717) is 16.5 Å². The first-order valence-corrected chi connectivity index (χ1v) is 6.03. The van der Waals surface area contributed by atoms with Crippen molar-refractivity contribution in [2.45, 2.75) is 19.9 Å². The van der Waals surface area contributed by atoms with Crippen molar-refractivity contribution in [3.8, 4) is 11.5 Å². The molecule has 1 atom stereocenters. The third kappa shape index (κ3) is 3.66. The third-order valence-electron chi connectivity index (χ3n) is 3.10. The van der Waals surface area contributed by atoms with Gasteiger partial charge in [0.05, 0.1) is 19.2 Å². The van der Waals surface area contributed by atoms with Crippen molar-refractivity contribution < 1.29 is 14.6 Å². The highest BCUT2D eigenvalue weighted by Gasteiger charge is 2.30. The van der Waals surface area contributed by atoms with Gasteiger partial charge in [0.15, 0.2) is 11.5 Å². The Morgan fingerprint density at radius 1 is 1.32 bits per heavy atom. The average molecular weight is 310 g/mol. The number of aliphatic hydroxyl groups excluding tert-OH is 1. The highest BCUT2D eigenvalue weighted by Crippen LogP contribution is 2.42. The van der Waals surface area contributed by atoms with Gasteiger partial charge in [0.2, 0.25) is 0 Å². The van der Waals surface area contributed by atoms with Gasteiger partial charge in [-0.3, -0.25) is 0 Å². The van der Waals surface area contributed by atoms with E-state index in [2.05, 4.69) is 0 Å². The molecule has 0 amide bonds. The minimum atomic E-state index is -0.469. The van der Waals surface area contributed by atoms with Gasteiger partial charge in [-0.2, -0.15) is 0 Å². The number of halogens is 2. The normalized spacial score (nSPS) is 12.6. The van der Waals surface area contributed by atoms with Gasteiger partial charge in [-0.1, -0.05) is 31.5 Å². The summed E-state index contributed by atoms with van der Waals surface area (Å²) in [7, 11) is 3.07. The van der Waals surface area contributed by atoms with Crippen molar-refractivity contribution in [3.63, 3.8) is 0 Å². The van der Waals surface area contributed by atoms with E-state index >= 15 is 0 Å². The predicted molar refractivity (Wildman–Crippen MR) is 79.6 cm³/mol. The fourth-order valence-corrected chi connectivity index (χ4v) is 2.01. The number of methoxy groups -OCH3 is 2. The van der Waals surface area contributed by atoms with Gasteiger partial charge in [0.1, 0.15) is 0 Å². The summed E-state index contributed by atoms with van der Waals surface area (Å²) in [5, 5.41) is 9.79. The molecule has 1 aromatic rings. The topological polar surface area (TPSA) is 64.7 Å². The van der Waals surface area contributed by atoms with E-state index in [9.17, 15) is 5.11 Å². The summed E-state index contributed by atoms with van der Waals surface area (Å²) >= 11 is 6.28. The summed E-state index contributed by atoms with van der Waals surface area (Å²) in [6, 6.07) is 3.16. The highest BCUT2D eigenvalue weighted by molar-refractivity contribution is 6.33. The van der Waals surface area contributed by atoms with Crippen molar-refractivity contribution in [1.82, 2.24) is 0 Å². The summed E-state index contributed by atoms with van der Waals surface area (Å²) < 4.78 is 10.4. The van der Waals surface area contributed by atoms with Crippen LogP contribution in [0.5, 0.6) is 11.5 Å². The molecule has 0 aliphatic carbocycles. The van der Waals surface area contributed by atoms with E-state index in [1.165, 1.54) is 7.11 Å². The molecule has 0 saturated carbocycles. The van der Waals surface area contributed by atoms with Crippen LogP contribution >= 0.6 is 24.0 Å². The van der Waals surface area contributed by atoms with Gasteiger partial charge in [-0.15, -0.1) is 12.4 Å². The number of hydrogen-bond donors (Lipinski definition) is 2. The second-order valence-electron chi connectivity index (χ2n) is 4.83. The van der Waals surface area contributed by atoms with Crippen LogP contribution in [-0.2, 0) is 0 Å². The first kappa shape index (κ1) is 18.3. The lowest BCUT2D eigenvalue weighted by molar-refractivity contribution is 0.132. The Kier molecular flexibility index (Phi) is 6.94. The molecule has 0 saturated heterocycles. The lowest BCUT2D eigenvalue weighted by atomic mass is 9.81. The predicted octanol–water partition coefficient (Wildman–Crippen LogP) is 2.80. The minimum Gasteiger partial charge on any atom is -0.493 e. The van der Waals surface area contributed by atoms with E-state index in [-0.39, 0.29) is 19.0 Å². The molecule has 0 radical (unpaired) electrons. The van der Waals surface area contributed by atoms with Crippen LogP contribution in [-0.4, -0.2) is 25.9 Å². The zero-order valence-electron chi connectivity index (χ0n) is 11.6. The van der Waals surface area contributed by atoms with Crippen molar-refractivity contribution in [2.75, 3.05) is 20.8 Å². The van der Waals surface area contributed by atoms with Crippen molar-refractivity contribution >= 4 is 24.0 Å². The van der Waals surface area contributed by atoms with Crippen LogP contribution < -0.4 is 15.2 Å². The third-order valence-corrected chi connectivity index (χ3v) is 3.49. The Morgan fingerprint density at radius 2 is 1.89 bits per heavy atom. The Morgan fingerprint density at radius 3 is 2.32 bits per heavy atom. The summed E-state index contributed by atoms with van der Waals surface area (Å²) in [6.07, 6.45) is 0. The molecule has 110 valence electrons. The standard InChI is InChI=1S/C13H20ClNO3.ClH/c1-13(2,7-16)12(15)8-5-6-9(17-3)11(18-4)10(8)14;/h5-6,12,16H,7,15H2,1-4H3;1H/t12-;/m1./s1. The van der Waals surface area contributed by atoms with Gasteiger partial charge in [0, 0.05) is 18.1 Å². The van der Waals surface area contributed by atoms with Crippen molar-refractivity contribution in [3.05, 3.63) is 22.7 Å². The minimum absolute atomic E-state index is 0. The fraction of sp³-hybridized carbons (Fsp3) is 0.538. The molecule has 0 heterocycles. The van der Waals surface area contributed by atoms with Gasteiger partial charge in [-0.05, 0) is 11.6 Å². The summed E-state index contributed by atoms with van der Waals surface area (Å²) in [4.78, 5) is 0. The number of nitrogens with two attached hydrogens (primary N) is 1. The van der Waals surface area contributed by atoms with Crippen LogP contribution in [0.1, 0.15) is 25.5 Å². The zero-order valence-corrected chi connectivity index (χ0v) is 13.1. The summed E-state index contributed by atoms with van der Waals surface area (Å²) in [6.45, 7) is 3.73. The van der Waals surface area contributed by atoms with Gasteiger partial charge in [0.25, 0.3) is 0 Å². The number of ether oxygens (including phenoxy) is 2. The van der Waals surface area contributed by atoms with Crippen molar-refractivity contribution in [1.29, 1.82) is 0 Å². The number of hydrogen-bond acceptors (Lipinski definition) is 4. The SMILES string of the molecule is COc1ccc([C@@H](N)C(C)(C)CO)c(Cl)c1OC.Cl. The van der Waals surface area contributed by atoms with E-state index in [0.717, 1.165) is 5.56 Å². The summed E-state index contributed by atoms with van der Waals surface area (Å²) in [5.74, 6) is 1.01. The molecule has 19 heavy (non-hydrogen) atoms. The second-order valence-corrected chi connectivity index (χ2v) is 5.21. The van der Waals surface area contributed by atoms with Crippen LogP contribution in [0.4, 0.5) is 0 Å². The van der Waals surface area contributed by atoms with E-state index in [1.54, 1.807) is 19.2 Å². The molecule has 6 heteroatoms. The zero-order chi connectivity index (χ0) is 13.9. The second kappa shape index (κ2) is 7.20. The molecule has 0 unspecified atom stereocenters. The Balaban J connectivity index is 0.00000324. The Bertz CT molecular complexity index is 425. The Labute approximate surface area is 125 Å². The molecule has 1 rings (SSSR count). The van der Waals surface area contributed by atoms with E-state index < -0.39 is 11.5 Å². The smallest absolute Gasteiger partial charge is 0.179 e. The molecule has 0 aromatic heterocycles. The monoisotopic (exact) mass is 309 g/mol. The largest absolute Gasteiger partial charge is 0.493 e. The number of rotatable bonds is 5. The molecule has 0 spiro atoms. The molecule has 3 N–H and O–H groups in total. The maximum absolute atomic E-state index is 9.36. The molecule has 0 bridgehead atoms. The van der Waals surface area contributed by atoms with Crippen LogP contribution in [0.3, 0.4) is 0 Å². The van der Waals surface area contributed by atoms with Gasteiger partial charge >= 0.3 is 0 Å². The highest BCUT2D eigenvalue weighted by atomic mass is 35.5. The maximum atomic E-state index is 9.36. The summed E-state index contributed by atoms with van der Waals surface area (Å²) in [5.41, 5.74) is 6.42. The van der Waals surface area contributed by atoms with E-state index in [4.69, 9.17) is 26.8 Å². The van der Waals surface area contributed by atoms with Crippen LogP contribution in [0.15, 0.2) is 12.1 Å². The van der Waals surface area contributed by atoms with E-state index in [1.807, 2.05) is 13.8 Å². The molecule has 4 nitrogen and oxygen atoms in total. The fourth-order valence-electron chi connectivity index (χ4n) is 1.66. The van der Waals surface area contributed by atoms with Crippen LogP contribution in [0.2, 0.25) is 5.02 Å². The molecule has 1 aromatic carbocycles. The van der Waals surface area contributed by atoms with Crippen LogP contribution in [0.25, 0.3) is 0 Å². The molecular formula is C13H21Cl2NO3. The maximum Gasteiger partial charge on any atom is 0.179 e. The lowest BCUT2D eigenvalue weighted by Gasteiger charge is -2.30. The molecule has 0 fully saturated rings.